The first-order valence-electron chi connectivity index (χ1n) is 9.52. The topological polar surface area (TPSA) is 51.0 Å². The molecule has 0 radical (unpaired) electrons. The van der Waals surface area contributed by atoms with Crippen molar-refractivity contribution in [3.63, 3.8) is 0 Å². The zero-order valence-electron chi connectivity index (χ0n) is 16.3. The predicted octanol–water partition coefficient (Wildman–Crippen LogP) is 5.04. The molecule has 2 heterocycles. The van der Waals surface area contributed by atoms with Gasteiger partial charge in [-0.05, 0) is 31.5 Å². The van der Waals surface area contributed by atoms with E-state index in [0.29, 0.717) is 34.7 Å². The van der Waals surface area contributed by atoms with Crippen LogP contribution in [-0.2, 0) is 6.54 Å². The van der Waals surface area contributed by atoms with E-state index in [9.17, 15) is 4.79 Å². The maximum atomic E-state index is 13.2. The molecular formula is C23H21ClN4O. The van der Waals surface area contributed by atoms with E-state index in [1.54, 1.807) is 15.8 Å². The second kappa shape index (κ2) is 8.05. The van der Waals surface area contributed by atoms with Crippen LogP contribution >= 0.6 is 11.6 Å². The highest BCUT2D eigenvalue weighted by Crippen LogP contribution is 2.30. The molecule has 4 aromatic rings. The number of hydrogen-bond donors (Lipinski definition) is 0. The fourth-order valence-electron chi connectivity index (χ4n) is 3.41. The van der Waals surface area contributed by atoms with Gasteiger partial charge >= 0.3 is 0 Å². The number of carbonyl (C=O) groups excluding carboxylic acids is 1. The standard InChI is InChI=1S/C23H21ClN4O/c1-3-27(15-17-10-6-4-7-11-17)23(29)19-14-25-22-20(21(19)24)16(2)26-28(22)18-12-8-5-9-13-18/h4-14H,3,15H2,1-2H3. The predicted molar refractivity (Wildman–Crippen MR) is 115 cm³/mol. The average Bonchev–Trinajstić information content (AvgIpc) is 3.10. The second-order valence-corrected chi connectivity index (χ2v) is 7.20. The lowest BCUT2D eigenvalue weighted by Crippen LogP contribution is -2.30. The summed E-state index contributed by atoms with van der Waals surface area (Å²) in [5.74, 6) is -0.136. The molecule has 1 amide bonds. The Labute approximate surface area is 174 Å². The average molecular weight is 405 g/mol. The van der Waals surface area contributed by atoms with Gasteiger partial charge in [0.1, 0.15) is 0 Å². The highest BCUT2D eigenvalue weighted by atomic mass is 35.5. The molecule has 0 N–H and O–H groups in total. The molecule has 0 aliphatic heterocycles. The number of fused-ring (bicyclic) bond motifs is 1. The summed E-state index contributed by atoms with van der Waals surface area (Å²) in [5.41, 5.74) is 3.74. The molecule has 0 saturated heterocycles. The van der Waals surface area contributed by atoms with Gasteiger partial charge < -0.3 is 4.90 Å². The molecule has 0 fully saturated rings. The van der Waals surface area contributed by atoms with E-state index in [4.69, 9.17) is 11.6 Å². The summed E-state index contributed by atoms with van der Waals surface area (Å²) in [4.78, 5) is 19.5. The van der Waals surface area contributed by atoms with Gasteiger partial charge in [-0.15, -0.1) is 0 Å². The van der Waals surface area contributed by atoms with Crippen molar-refractivity contribution >= 4 is 28.5 Å². The lowest BCUT2D eigenvalue weighted by Gasteiger charge is -2.21. The fourth-order valence-corrected chi connectivity index (χ4v) is 3.76. The third-order valence-corrected chi connectivity index (χ3v) is 5.32. The van der Waals surface area contributed by atoms with E-state index >= 15 is 0 Å². The molecule has 0 spiro atoms. The summed E-state index contributed by atoms with van der Waals surface area (Å²) in [6.45, 7) is 4.93. The van der Waals surface area contributed by atoms with Crippen LogP contribution in [0, 0.1) is 6.92 Å². The Balaban J connectivity index is 1.74. The van der Waals surface area contributed by atoms with E-state index in [1.807, 2.05) is 74.5 Å². The summed E-state index contributed by atoms with van der Waals surface area (Å²) in [6.07, 6.45) is 1.56. The fraction of sp³-hybridized carbons (Fsp3) is 0.174. The Bertz CT molecular complexity index is 1160. The zero-order chi connectivity index (χ0) is 20.4. The first kappa shape index (κ1) is 19.2. The van der Waals surface area contributed by atoms with E-state index in [0.717, 1.165) is 16.9 Å². The number of benzene rings is 2. The molecule has 5 nitrogen and oxygen atoms in total. The summed E-state index contributed by atoms with van der Waals surface area (Å²) >= 11 is 6.71. The van der Waals surface area contributed by atoms with Crippen LogP contribution < -0.4 is 0 Å². The van der Waals surface area contributed by atoms with Crippen LogP contribution in [0.25, 0.3) is 16.7 Å². The van der Waals surface area contributed by atoms with Crippen LogP contribution in [0.3, 0.4) is 0 Å². The minimum Gasteiger partial charge on any atom is -0.335 e. The van der Waals surface area contributed by atoms with Crippen LogP contribution in [0.4, 0.5) is 0 Å². The lowest BCUT2D eigenvalue weighted by atomic mass is 10.1. The largest absolute Gasteiger partial charge is 0.335 e. The number of aromatic nitrogens is 3. The summed E-state index contributed by atoms with van der Waals surface area (Å²) < 4.78 is 1.76. The minimum absolute atomic E-state index is 0.136. The number of aryl methyl sites for hydroxylation is 1. The smallest absolute Gasteiger partial charge is 0.257 e. The first-order chi connectivity index (χ1) is 14.1. The molecule has 29 heavy (non-hydrogen) atoms. The number of halogens is 1. The van der Waals surface area contributed by atoms with Crippen molar-refractivity contribution in [1.29, 1.82) is 0 Å². The normalized spacial score (nSPS) is 11.0. The second-order valence-electron chi connectivity index (χ2n) is 6.82. The number of amides is 1. The van der Waals surface area contributed by atoms with Crippen molar-refractivity contribution in [2.24, 2.45) is 0 Å². The van der Waals surface area contributed by atoms with Crippen LogP contribution in [-0.4, -0.2) is 32.1 Å². The summed E-state index contributed by atoms with van der Waals surface area (Å²) in [7, 11) is 0. The first-order valence-corrected chi connectivity index (χ1v) is 9.90. The Morgan fingerprint density at radius 2 is 1.72 bits per heavy atom. The van der Waals surface area contributed by atoms with Crippen molar-refractivity contribution in [2.45, 2.75) is 20.4 Å². The Kier molecular flexibility index (Phi) is 5.32. The van der Waals surface area contributed by atoms with Gasteiger partial charge in [-0.3, -0.25) is 4.79 Å². The van der Waals surface area contributed by atoms with Gasteiger partial charge in [0.25, 0.3) is 5.91 Å². The van der Waals surface area contributed by atoms with E-state index in [1.165, 1.54) is 0 Å². The van der Waals surface area contributed by atoms with Crippen LogP contribution in [0.5, 0.6) is 0 Å². The molecule has 0 aliphatic rings. The molecule has 0 aliphatic carbocycles. The van der Waals surface area contributed by atoms with Crippen molar-refractivity contribution in [1.82, 2.24) is 19.7 Å². The van der Waals surface area contributed by atoms with Crippen molar-refractivity contribution in [2.75, 3.05) is 6.54 Å². The van der Waals surface area contributed by atoms with Crippen molar-refractivity contribution in [3.8, 4) is 5.69 Å². The molecule has 6 heteroatoms. The Morgan fingerprint density at radius 3 is 2.38 bits per heavy atom. The number of pyridine rings is 1. The van der Waals surface area contributed by atoms with Gasteiger partial charge in [-0.1, -0.05) is 60.1 Å². The van der Waals surface area contributed by atoms with Crippen molar-refractivity contribution < 1.29 is 4.79 Å². The molecule has 0 unspecified atom stereocenters. The Hall–Kier alpha value is -3.18. The lowest BCUT2D eigenvalue weighted by molar-refractivity contribution is 0.0752. The van der Waals surface area contributed by atoms with Crippen LogP contribution in [0.1, 0.15) is 28.5 Å². The highest BCUT2D eigenvalue weighted by molar-refractivity contribution is 6.38. The maximum absolute atomic E-state index is 13.2. The molecule has 0 saturated carbocycles. The van der Waals surface area contributed by atoms with E-state index in [-0.39, 0.29) is 5.91 Å². The number of para-hydroxylation sites is 1. The maximum Gasteiger partial charge on any atom is 0.257 e. The van der Waals surface area contributed by atoms with E-state index < -0.39 is 0 Å². The zero-order valence-corrected chi connectivity index (χ0v) is 17.1. The van der Waals surface area contributed by atoms with Gasteiger partial charge in [0.05, 0.1) is 27.4 Å². The van der Waals surface area contributed by atoms with Crippen molar-refractivity contribution in [3.05, 3.63) is 88.7 Å². The molecule has 4 rings (SSSR count). The van der Waals surface area contributed by atoms with Crippen LogP contribution in [0.2, 0.25) is 5.02 Å². The van der Waals surface area contributed by atoms with Gasteiger partial charge in [-0.25, -0.2) is 9.67 Å². The monoisotopic (exact) mass is 404 g/mol. The number of hydrogen-bond acceptors (Lipinski definition) is 3. The quantitative estimate of drug-likeness (QED) is 0.468. The number of rotatable bonds is 5. The highest BCUT2D eigenvalue weighted by Gasteiger charge is 2.23. The molecule has 0 bridgehead atoms. The Morgan fingerprint density at radius 1 is 1.07 bits per heavy atom. The van der Waals surface area contributed by atoms with Gasteiger partial charge in [0, 0.05) is 19.3 Å². The molecular weight excluding hydrogens is 384 g/mol. The summed E-state index contributed by atoms with van der Waals surface area (Å²) in [5, 5.41) is 5.70. The minimum atomic E-state index is -0.136. The van der Waals surface area contributed by atoms with Crippen LogP contribution in [0.15, 0.2) is 66.9 Å². The molecule has 2 aromatic carbocycles. The van der Waals surface area contributed by atoms with E-state index in [2.05, 4.69) is 10.1 Å². The summed E-state index contributed by atoms with van der Waals surface area (Å²) in [6, 6.07) is 19.7. The van der Waals surface area contributed by atoms with Gasteiger partial charge in [0.15, 0.2) is 5.65 Å². The molecule has 146 valence electrons. The number of carbonyl (C=O) groups is 1. The third-order valence-electron chi connectivity index (χ3n) is 4.92. The third kappa shape index (κ3) is 3.61. The SMILES string of the molecule is CCN(Cc1ccccc1)C(=O)c1cnc2c(c(C)nn2-c2ccccc2)c1Cl. The van der Waals surface area contributed by atoms with Gasteiger partial charge in [0.2, 0.25) is 0 Å². The molecule has 0 atom stereocenters. The molecule has 2 aromatic heterocycles. The number of nitrogens with zero attached hydrogens (tertiary/aromatic N) is 4. The van der Waals surface area contributed by atoms with Gasteiger partial charge in [-0.2, -0.15) is 5.10 Å².